The fourth-order valence-corrected chi connectivity index (χ4v) is 207. The topological polar surface area (TPSA) is 0 Å². The van der Waals surface area contributed by atoms with Crippen LogP contribution < -0.4 is 0 Å². The quantitative estimate of drug-likeness (QED) is 0.236. The van der Waals surface area contributed by atoms with Crippen LogP contribution in [-0.2, 0) is 0 Å². The van der Waals surface area contributed by atoms with Gasteiger partial charge in [0.15, 0.2) is 0 Å². The van der Waals surface area contributed by atoms with Crippen molar-refractivity contribution in [3.8, 4) is 0 Å². The fraction of sp³-hybridized carbons (Fsp3) is 1.00. The summed E-state index contributed by atoms with van der Waals surface area (Å²) in [5.74, 6) is 0. The van der Waals surface area contributed by atoms with E-state index in [4.69, 9.17) is 0 Å². The summed E-state index contributed by atoms with van der Waals surface area (Å²) in [5, 5.41) is 0. The van der Waals surface area contributed by atoms with E-state index in [0.29, 0.717) is 23.7 Å². The molecule has 4 aliphatic heterocycles. The number of hydrogen-bond acceptors (Lipinski definition) is 0. The van der Waals surface area contributed by atoms with Gasteiger partial charge in [0.05, 0.1) is 0 Å². The van der Waals surface area contributed by atoms with Crippen molar-refractivity contribution in [2.75, 3.05) is 0 Å². The third-order valence-corrected chi connectivity index (χ3v) is 109. The molecule has 0 radical (unpaired) electrons. The Hall–Kier alpha value is 3.80. The van der Waals surface area contributed by atoms with Gasteiger partial charge in [-0.3, -0.25) is 0 Å². The molecule has 0 aromatic heterocycles. The first-order chi connectivity index (χ1) is 11.3. The van der Waals surface area contributed by atoms with Gasteiger partial charge < -0.3 is 0 Å². The average molecular weight is 706 g/mol. The molecule has 0 saturated carbocycles. The van der Waals surface area contributed by atoms with Crippen molar-refractivity contribution < 1.29 is 0 Å². The molecule has 4 heterocycles. The zero-order valence-electron chi connectivity index (χ0n) is 18.6. The van der Waals surface area contributed by atoms with Crippen molar-refractivity contribution in [1.29, 1.82) is 0 Å². The normalized spacial score (nSPS) is 43.2. The molecule has 9 heteroatoms. The molecule has 4 rings (SSSR count). The Kier molecular flexibility index (Phi) is 6.26. The summed E-state index contributed by atoms with van der Waals surface area (Å²) in [6, 6.07) is 0. The van der Waals surface area contributed by atoms with Gasteiger partial charge >= 0.3 is 195 Å². The van der Waals surface area contributed by atoms with Crippen LogP contribution in [0.2, 0.25) is 39.3 Å². The zero-order valence-corrected chi connectivity index (χ0v) is 30.1. The van der Waals surface area contributed by atoms with Crippen LogP contribution in [0.3, 0.4) is 0 Å². The van der Waals surface area contributed by atoms with Crippen LogP contribution in [0.4, 0.5) is 0 Å². The van der Waals surface area contributed by atoms with Crippen molar-refractivity contribution in [3.05, 3.63) is 0 Å². The maximum absolute atomic E-state index is 4.30. The molecule has 0 spiro atoms. The van der Waals surface area contributed by atoms with E-state index in [1.54, 1.807) is 0 Å². The SMILES string of the molecule is CC(C)(C)C12[Se]C3(C(C)(C)C)P1[Se][Se]P2[P+]3([Se-])C([Si](C)(C)C)[Si](C)(C)C. The number of rotatable bonds is 3. The van der Waals surface area contributed by atoms with Crippen molar-refractivity contribution >= 4 is 90.6 Å². The summed E-state index contributed by atoms with van der Waals surface area (Å²) in [7, 11) is -2.39. The second kappa shape index (κ2) is 6.66. The monoisotopic (exact) mass is 710 g/mol. The van der Waals surface area contributed by atoms with Crippen molar-refractivity contribution in [2.24, 2.45) is 10.8 Å². The molecule has 0 nitrogen and oxygen atoms in total. The summed E-state index contributed by atoms with van der Waals surface area (Å²) in [5.41, 5.74) is 0.117. The van der Waals surface area contributed by atoms with Gasteiger partial charge in [-0.25, -0.2) is 0 Å². The average Bonchev–Trinajstić information content (AvgIpc) is 2.75. The molecular formula is C17H37P3Se4Si2. The van der Waals surface area contributed by atoms with Crippen LogP contribution in [0.15, 0.2) is 0 Å². The summed E-state index contributed by atoms with van der Waals surface area (Å²) in [6.45, 7) is 32.7. The Balaban J connectivity index is 2.30. The van der Waals surface area contributed by atoms with Crippen LogP contribution >= 0.6 is 18.6 Å². The minimum atomic E-state index is -1.20. The molecule has 0 N–H and O–H groups in total. The zero-order chi connectivity index (χ0) is 20.4. The molecule has 4 bridgehead atoms. The van der Waals surface area contributed by atoms with Crippen LogP contribution in [0.5, 0.6) is 0 Å². The predicted molar refractivity (Wildman–Crippen MR) is 139 cm³/mol. The Morgan fingerprint density at radius 1 is 0.846 bits per heavy atom. The Bertz CT molecular complexity index is 607. The van der Waals surface area contributed by atoms with Crippen LogP contribution in [-0.4, -0.2) is 84.6 Å². The summed E-state index contributed by atoms with van der Waals surface area (Å²) < 4.78 is 1.71. The van der Waals surface area contributed by atoms with E-state index in [-0.39, 0.29) is 0 Å². The van der Waals surface area contributed by atoms with Gasteiger partial charge in [-0.2, -0.15) is 0 Å². The summed E-state index contributed by atoms with van der Waals surface area (Å²) >= 11 is 7.29. The van der Waals surface area contributed by atoms with Gasteiger partial charge in [0.25, 0.3) is 0 Å². The first-order valence-corrected chi connectivity index (χ1v) is 34.6. The third kappa shape index (κ3) is 2.84. The summed E-state index contributed by atoms with van der Waals surface area (Å²) in [6.07, 6.45) is 0.317. The van der Waals surface area contributed by atoms with E-state index in [2.05, 4.69) is 96.4 Å². The van der Waals surface area contributed by atoms with Gasteiger partial charge in [-0.1, -0.05) is 0 Å². The van der Waals surface area contributed by atoms with Crippen molar-refractivity contribution in [2.45, 2.75) is 93.3 Å². The second-order valence-electron chi connectivity index (χ2n) is 12.3. The minimum absolute atomic E-state index is 0.317. The first kappa shape index (κ1) is 24.4. The molecule has 0 aliphatic carbocycles. The van der Waals surface area contributed by atoms with E-state index in [1.807, 2.05) is 0 Å². The summed E-state index contributed by atoms with van der Waals surface area (Å²) in [4.78, 5) is 1.16. The Labute approximate surface area is 192 Å². The molecule has 4 saturated heterocycles. The molecule has 152 valence electrons. The Morgan fingerprint density at radius 2 is 1.31 bits per heavy atom. The molecule has 5 unspecified atom stereocenters. The van der Waals surface area contributed by atoms with Crippen LogP contribution in [0, 0.1) is 10.8 Å². The van der Waals surface area contributed by atoms with Gasteiger partial charge in [-0.05, 0) is 0 Å². The van der Waals surface area contributed by atoms with E-state index in [1.165, 1.54) is 0 Å². The molecule has 4 fully saturated rings. The van der Waals surface area contributed by atoms with E-state index in [9.17, 15) is 0 Å². The molecule has 0 aromatic rings. The van der Waals surface area contributed by atoms with Crippen LogP contribution in [0.1, 0.15) is 41.5 Å². The number of hydrogen-bond donors (Lipinski definition) is 0. The molecule has 0 aromatic carbocycles. The van der Waals surface area contributed by atoms with Crippen molar-refractivity contribution in [1.82, 2.24) is 0 Å². The van der Waals surface area contributed by atoms with Crippen molar-refractivity contribution in [3.63, 3.8) is 0 Å². The fourth-order valence-electron chi connectivity index (χ4n) is 5.66. The van der Waals surface area contributed by atoms with E-state index < -0.39 is 21.8 Å². The van der Waals surface area contributed by atoms with Gasteiger partial charge in [0.1, 0.15) is 0 Å². The Morgan fingerprint density at radius 3 is 1.65 bits per heavy atom. The van der Waals surface area contributed by atoms with E-state index >= 15 is 0 Å². The van der Waals surface area contributed by atoms with Gasteiger partial charge in [-0.15, -0.1) is 0 Å². The second-order valence-corrected chi connectivity index (χ2v) is 63.4. The first-order valence-electron chi connectivity index (χ1n) is 9.55. The maximum atomic E-state index is 4.30. The standard InChI is InChI=1S/C17H37P3Se4Si2/c1-14(2,3)16-18-17(22-16,15(4,5)6)20(21,19(16)24-23-18)13(25(7,8)9)26(10,11)12/h13H,1-12H3. The molecular weight excluding hydrogens is 669 g/mol. The predicted octanol–water partition coefficient (Wildman–Crippen LogP) is 6.39. The molecule has 4 aliphatic rings. The molecule has 26 heavy (non-hydrogen) atoms. The molecule has 0 amide bonds. The molecule has 5 atom stereocenters. The third-order valence-electron chi connectivity index (χ3n) is 5.92. The van der Waals surface area contributed by atoms with E-state index in [0.717, 1.165) is 52.8 Å². The van der Waals surface area contributed by atoms with Gasteiger partial charge in [0, 0.05) is 0 Å². The van der Waals surface area contributed by atoms with Gasteiger partial charge in [0.2, 0.25) is 0 Å². The van der Waals surface area contributed by atoms with Crippen LogP contribution in [0.25, 0.3) is 0 Å².